The lowest BCUT2D eigenvalue weighted by Gasteiger charge is -2.00. The van der Waals surface area contributed by atoms with Crippen LogP contribution in [0.1, 0.15) is 6.92 Å². The van der Waals surface area contributed by atoms with Crippen LogP contribution in [0.4, 0.5) is 9.93 Å². The van der Waals surface area contributed by atoms with Gasteiger partial charge in [-0.2, -0.15) is 9.36 Å². The number of carbonyl (C=O) groups is 1. The van der Waals surface area contributed by atoms with E-state index in [-0.39, 0.29) is 6.03 Å². The number of urea groups is 1. The summed E-state index contributed by atoms with van der Waals surface area (Å²) >= 11 is 1.17. The largest absolute Gasteiger partial charge is 0.338 e. The Hall–Kier alpha value is -1.95. The summed E-state index contributed by atoms with van der Waals surface area (Å²) in [6.45, 7) is 2.44. The van der Waals surface area contributed by atoms with Crippen LogP contribution in [0.2, 0.25) is 0 Å². The highest BCUT2D eigenvalue weighted by Gasteiger charge is 2.08. The van der Waals surface area contributed by atoms with E-state index >= 15 is 0 Å². The third-order valence-electron chi connectivity index (χ3n) is 2.02. The molecule has 0 radical (unpaired) electrons. The predicted octanol–water partition coefficient (Wildman–Crippen LogP) is 2.35. The normalized spacial score (nSPS) is 9.94. The minimum Gasteiger partial charge on any atom is -0.338 e. The summed E-state index contributed by atoms with van der Waals surface area (Å²) in [5.74, 6) is 0.627. The van der Waals surface area contributed by atoms with Gasteiger partial charge in [0.1, 0.15) is 0 Å². The quantitative estimate of drug-likeness (QED) is 0.876. The highest BCUT2D eigenvalue weighted by Crippen LogP contribution is 2.20. The smallest absolute Gasteiger partial charge is 0.321 e. The Morgan fingerprint density at radius 2 is 2.12 bits per heavy atom. The summed E-state index contributed by atoms with van der Waals surface area (Å²) in [6.07, 6.45) is 0. The van der Waals surface area contributed by atoms with Crippen LogP contribution in [0.3, 0.4) is 0 Å². The molecule has 0 spiro atoms. The van der Waals surface area contributed by atoms with Crippen molar-refractivity contribution < 1.29 is 4.79 Å². The molecule has 0 fully saturated rings. The van der Waals surface area contributed by atoms with E-state index in [0.29, 0.717) is 17.5 Å². The van der Waals surface area contributed by atoms with Crippen LogP contribution in [0.25, 0.3) is 11.4 Å². The monoisotopic (exact) mass is 248 g/mol. The zero-order valence-electron chi connectivity index (χ0n) is 9.30. The van der Waals surface area contributed by atoms with Crippen molar-refractivity contribution in [2.24, 2.45) is 0 Å². The van der Waals surface area contributed by atoms with Gasteiger partial charge in [-0.1, -0.05) is 30.3 Å². The van der Waals surface area contributed by atoms with Crippen LogP contribution < -0.4 is 10.6 Å². The van der Waals surface area contributed by atoms with Crippen LogP contribution in [0.5, 0.6) is 0 Å². The van der Waals surface area contributed by atoms with E-state index < -0.39 is 0 Å². The highest BCUT2D eigenvalue weighted by atomic mass is 32.1. The number of hydrogen-bond acceptors (Lipinski definition) is 4. The van der Waals surface area contributed by atoms with E-state index in [2.05, 4.69) is 20.0 Å². The second-order valence-electron chi connectivity index (χ2n) is 3.27. The molecule has 0 unspecified atom stereocenters. The Labute approximate surface area is 103 Å². The maximum Gasteiger partial charge on any atom is 0.321 e. The molecule has 1 heterocycles. The molecule has 17 heavy (non-hydrogen) atoms. The van der Waals surface area contributed by atoms with Crippen molar-refractivity contribution in [3.8, 4) is 11.4 Å². The molecule has 2 N–H and O–H groups in total. The lowest BCUT2D eigenvalue weighted by Crippen LogP contribution is -2.28. The van der Waals surface area contributed by atoms with Crippen molar-refractivity contribution in [3.63, 3.8) is 0 Å². The molecule has 0 aliphatic carbocycles. The number of anilines is 1. The van der Waals surface area contributed by atoms with Crippen LogP contribution in [-0.2, 0) is 0 Å². The molecule has 1 aromatic heterocycles. The minimum atomic E-state index is -0.261. The Morgan fingerprint density at radius 3 is 2.82 bits per heavy atom. The van der Waals surface area contributed by atoms with Gasteiger partial charge in [-0.05, 0) is 6.92 Å². The van der Waals surface area contributed by atoms with E-state index in [1.54, 1.807) is 0 Å². The van der Waals surface area contributed by atoms with E-state index in [9.17, 15) is 4.79 Å². The van der Waals surface area contributed by atoms with E-state index in [1.807, 2.05) is 37.3 Å². The molecule has 6 heteroatoms. The van der Waals surface area contributed by atoms with Crippen molar-refractivity contribution in [2.45, 2.75) is 6.92 Å². The van der Waals surface area contributed by atoms with Gasteiger partial charge in [-0.15, -0.1) is 0 Å². The van der Waals surface area contributed by atoms with Gasteiger partial charge in [0.2, 0.25) is 5.13 Å². The number of nitrogens with zero attached hydrogens (tertiary/aromatic N) is 2. The SMILES string of the molecule is CCNC(=O)Nc1nc(-c2ccccc2)ns1. The zero-order chi connectivity index (χ0) is 12.1. The number of benzene rings is 1. The topological polar surface area (TPSA) is 66.9 Å². The molecular formula is C11H12N4OS. The van der Waals surface area contributed by atoms with Crippen LogP contribution >= 0.6 is 11.5 Å². The number of hydrogen-bond donors (Lipinski definition) is 2. The molecular weight excluding hydrogens is 236 g/mol. The first-order valence-electron chi connectivity index (χ1n) is 5.23. The lowest BCUT2D eigenvalue weighted by atomic mass is 10.2. The molecule has 0 aliphatic rings. The van der Waals surface area contributed by atoms with E-state index in [4.69, 9.17) is 0 Å². The maximum absolute atomic E-state index is 11.3. The lowest BCUT2D eigenvalue weighted by molar-refractivity contribution is 0.252. The third-order valence-corrected chi connectivity index (χ3v) is 2.65. The van der Waals surface area contributed by atoms with Crippen LogP contribution in [0.15, 0.2) is 30.3 Å². The molecule has 2 rings (SSSR count). The Balaban J connectivity index is 2.09. The van der Waals surface area contributed by atoms with Crippen molar-refractivity contribution >= 4 is 22.7 Å². The fourth-order valence-corrected chi connectivity index (χ4v) is 1.87. The highest BCUT2D eigenvalue weighted by molar-refractivity contribution is 7.10. The van der Waals surface area contributed by atoms with Gasteiger partial charge in [-0.3, -0.25) is 5.32 Å². The second-order valence-corrected chi connectivity index (χ2v) is 4.03. The number of aromatic nitrogens is 2. The molecule has 2 aromatic rings. The summed E-state index contributed by atoms with van der Waals surface area (Å²) in [7, 11) is 0. The predicted molar refractivity (Wildman–Crippen MR) is 68.0 cm³/mol. The number of amides is 2. The van der Waals surface area contributed by atoms with Gasteiger partial charge >= 0.3 is 6.03 Å². The molecule has 1 aromatic carbocycles. The van der Waals surface area contributed by atoms with Crippen LogP contribution in [0, 0.1) is 0 Å². The van der Waals surface area contributed by atoms with Crippen molar-refractivity contribution in [1.82, 2.24) is 14.7 Å². The molecule has 0 atom stereocenters. The summed E-state index contributed by atoms with van der Waals surface area (Å²) in [6, 6.07) is 9.38. The van der Waals surface area contributed by atoms with Crippen LogP contribution in [-0.4, -0.2) is 21.9 Å². The summed E-state index contributed by atoms with van der Waals surface area (Å²) in [4.78, 5) is 15.5. The zero-order valence-corrected chi connectivity index (χ0v) is 10.1. The molecule has 5 nitrogen and oxygen atoms in total. The third kappa shape index (κ3) is 3.01. The number of nitrogens with one attached hydrogen (secondary N) is 2. The Morgan fingerprint density at radius 1 is 1.35 bits per heavy atom. The van der Waals surface area contributed by atoms with E-state index in [0.717, 1.165) is 5.56 Å². The maximum atomic E-state index is 11.3. The van der Waals surface area contributed by atoms with Crippen molar-refractivity contribution in [3.05, 3.63) is 30.3 Å². The van der Waals surface area contributed by atoms with Gasteiger partial charge in [0, 0.05) is 23.6 Å². The molecule has 0 saturated carbocycles. The molecule has 0 bridgehead atoms. The van der Waals surface area contributed by atoms with Crippen molar-refractivity contribution in [1.29, 1.82) is 0 Å². The second kappa shape index (κ2) is 5.40. The number of carbonyl (C=O) groups excluding carboxylic acids is 1. The van der Waals surface area contributed by atoms with Gasteiger partial charge < -0.3 is 5.32 Å². The van der Waals surface area contributed by atoms with Gasteiger partial charge in [0.25, 0.3) is 0 Å². The first-order valence-corrected chi connectivity index (χ1v) is 6.01. The van der Waals surface area contributed by atoms with Gasteiger partial charge in [-0.25, -0.2) is 4.79 Å². The minimum absolute atomic E-state index is 0.261. The number of rotatable bonds is 3. The van der Waals surface area contributed by atoms with Crippen molar-refractivity contribution in [2.75, 3.05) is 11.9 Å². The molecule has 0 saturated heterocycles. The molecule has 2 amide bonds. The fourth-order valence-electron chi connectivity index (χ4n) is 1.28. The average Bonchev–Trinajstić information content (AvgIpc) is 2.79. The molecule has 0 aliphatic heterocycles. The average molecular weight is 248 g/mol. The Kier molecular flexibility index (Phi) is 3.66. The summed E-state index contributed by atoms with van der Waals surface area (Å²) in [5.41, 5.74) is 0.938. The summed E-state index contributed by atoms with van der Waals surface area (Å²) < 4.78 is 4.19. The fraction of sp³-hybridized carbons (Fsp3) is 0.182. The summed E-state index contributed by atoms with van der Waals surface area (Å²) in [5, 5.41) is 5.75. The molecule has 88 valence electrons. The van der Waals surface area contributed by atoms with Gasteiger partial charge in [0.15, 0.2) is 5.82 Å². The Bertz CT molecular complexity index is 497. The van der Waals surface area contributed by atoms with E-state index in [1.165, 1.54) is 11.5 Å². The standard InChI is InChI=1S/C11H12N4OS/c1-2-12-10(16)14-11-13-9(15-17-11)8-6-4-3-5-7-8/h3-7H,2H2,1H3,(H2,12,13,14,15,16). The first-order chi connectivity index (χ1) is 8.29. The van der Waals surface area contributed by atoms with Gasteiger partial charge in [0.05, 0.1) is 0 Å². The first kappa shape index (κ1) is 11.5.